The number of allylic oxidation sites excluding steroid dienone is 1. The summed E-state index contributed by atoms with van der Waals surface area (Å²) in [6.45, 7) is 5.85. The first-order valence-corrected chi connectivity index (χ1v) is 5.64. The molecule has 96 valence electrons. The van der Waals surface area contributed by atoms with E-state index in [4.69, 9.17) is 4.74 Å². The molecule has 0 bridgehead atoms. The molecule has 0 saturated carbocycles. The minimum Gasteiger partial charge on any atom is -0.464 e. The summed E-state index contributed by atoms with van der Waals surface area (Å²) in [5.74, 6) is -0.504. The Morgan fingerprint density at radius 1 is 1.35 bits per heavy atom. The molecule has 0 aromatic carbocycles. The molecule has 0 unspecified atom stereocenters. The fourth-order valence-corrected chi connectivity index (χ4v) is 1.52. The smallest absolute Gasteiger partial charge is 0.415 e. The van der Waals surface area contributed by atoms with E-state index in [1.54, 1.807) is 26.8 Å². The van der Waals surface area contributed by atoms with Crippen molar-refractivity contribution in [2.75, 3.05) is 13.7 Å². The van der Waals surface area contributed by atoms with Gasteiger partial charge in [-0.3, -0.25) is 4.90 Å². The van der Waals surface area contributed by atoms with Crippen LogP contribution in [0.5, 0.6) is 0 Å². The summed E-state index contributed by atoms with van der Waals surface area (Å²) in [6.07, 6.45) is 2.79. The standard InChI is InChI=1S/C12H19NO4/c1-12(2,3)17-11(15)13-8-6-5-7-9(13)10(14)16-4/h7H,5-6,8H2,1-4H3. The topological polar surface area (TPSA) is 55.8 Å². The molecule has 1 aliphatic rings. The zero-order chi connectivity index (χ0) is 13.1. The van der Waals surface area contributed by atoms with E-state index in [2.05, 4.69) is 4.74 Å². The predicted octanol–water partition coefficient (Wildman–Crippen LogP) is 2.07. The van der Waals surface area contributed by atoms with E-state index in [1.165, 1.54) is 12.0 Å². The third kappa shape index (κ3) is 3.76. The van der Waals surface area contributed by atoms with Crippen molar-refractivity contribution in [3.63, 3.8) is 0 Å². The van der Waals surface area contributed by atoms with Crippen LogP contribution in [0.25, 0.3) is 0 Å². The Balaban J connectivity index is 2.80. The molecule has 0 N–H and O–H groups in total. The molecule has 5 nitrogen and oxygen atoms in total. The monoisotopic (exact) mass is 241 g/mol. The first kappa shape index (κ1) is 13.5. The second-order valence-corrected chi connectivity index (χ2v) is 4.86. The Hall–Kier alpha value is -1.52. The summed E-state index contributed by atoms with van der Waals surface area (Å²) in [4.78, 5) is 24.7. The highest BCUT2D eigenvalue weighted by molar-refractivity contribution is 5.92. The zero-order valence-electron chi connectivity index (χ0n) is 10.8. The Kier molecular flexibility index (Phi) is 4.15. The number of esters is 1. The molecular weight excluding hydrogens is 222 g/mol. The van der Waals surface area contributed by atoms with Gasteiger partial charge in [-0.2, -0.15) is 0 Å². The Morgan fingerprint density at radius 2 is 2.00 bits per heavy atom. The molecule has 0 aromatic heterocycles. The highest BCUT2D eigenvalue weighted by Crippen LogP contribution is 2.19. The second-order valence-electron chi connectivity index (χ2n) is 4.86. The fourth-order valence-electron chi connectivity index (χ4n) is 1.52. The first-order valence-electron chi connectivity index (χ1n) is 5.64. The summed E-state index contributed by atoms with van der Waals surface area (Å²) in [7, 11) is 1.30. The Morgan fingerprint density at radius 3 is 2.53 bits per heavy atom. The van der Waals surface area contributed by atoms with Crippen molar-refractivity contribution in [3.05, 3.63) is 11.8 Å². The van der Waals surface area contributed by atoms with Crippen LogP contribution in [-0.4, -0.2) is 36.2 Å². The number of hydrogen-bond donors (Lipinski definition) is 0. The minimum absolute atomic E-state index is 0.271. The van der Waals surface area contributed by atoms with Gasteiger partial charge in [-0.1, -0.05) is 6.08 Å². The molecule has 0 atom stereocenters. The van der Waals surface area contributed by atoms with Gasteiger partial charge in [0.15, 0.2) is 0 Å². The lowest BCUT2D eigenvalue weighted by molar-refractivity contribution is -0.138. The second kappa shape index (κ2) is 5.21. The highest BCUT2D eigenvalue weighted by Gasteiger charge is 2.29. The lowest BCUT2D eigenvalue weighted by Gasteiger charge is -2.29. The molecule has 0 spiro atoms. The van der Waals surface area contributed by atoms with Crippen LogP contribution in [0.2, 0.25) is 0 Å². The van der Waals surface area contributed by atoms with Crippen LogP contribution in [0, 0.1) is 0 Å². The average molecular weight is 241 g/mol. The first-order chi connectivity index (χ1) is 7.85. The molecule has 1 amide bonds. The maximum Gasteiger partial charge on any atom is 0.415 e. The molecule has 0 aromatic rings. The van der Waals surface area contributed by atoms with Crippen LogP contribution in [0.3, 0.4) is 0 Å². The van der Waals surface area contributed by atoms with Crippen molar-refractivity contribution in [3.8, 4) is 0 Å². The quantitative estimate of drug-likeness (QED) is 0.659. The van der Waals surface area contributed by atoms with Crippen molar-refractivity contribution in [2.24, 2.45) is 0 Å². The largest absolute Gasteiger partial charge is 0.464 e. The van der Waals surface area contributed by atoms with E-state index in [0.717, 1.165) is 12.8 Å². The van der Waals surface area contributed by atoms with Crippen molar-refractivity contribution in [2.45, 2.75) is 39.2 Å². The number of rotatable bonds is 1. The molecule has 1 rings (SSSR count). The predicted molar refractivity (Wildman–Crippen MR) is 62.3 cm³/mol. The van der Waals surface area contributed by atoms with E-state index >= 15 is 0 Å². The van der Waals surface area contributed by atoms with Crippen LogP contribution >= 0.6 is 0 Å². The maximum atomic E-state index is 11.9. The SMILES string of the molecule is COC(=O)C1=CCCCN1C(=O)OC(C)(C)C. The number of carbonyl (C=O) groups excluding carboxylic acids is 2. The van der Waals surface area contributed by atoms with Gasteiger partial charge >= 0.3 is 12.1 Å². The van der Waals surface area contributed by atoms with E-state index in [0.29, 0.717) is 6.54 Å². The third-order valence-corrected chi connectivity index (χ3v) is 2.22. The van der Waals surface area contributed by atoms with Gasteiger partial charge in [0.05, 0.1) is 7.11 Å². The van der Waals surface area contributed by atoms with Crippen LogP contribution in [0.4, 0.5) is 4.79 Å². The number of carbonyl (C=O) groups is 2. The van der Waals surface area contributed by atoms with Gasteiger partial charge in [0, 0.05) is 6.54 Å². The lowest BCUT2D eigenvalue weighted by atomic mass is 10.1. The zero-order valence-corrected chi connectivity index (χ0v) is 10.8. The maximum absolute atomic E-state index is 11.9. The van der Waals surface area contributed by atoms with Crippen molar-refractivity contribution >= 4 is 12.1 Å². The van der Waals surface area contributed by atoms with Crippen LogP contribution in [0.1, 0.15) is 33.6 Å². The number of methoxy groups -OCH3 is 1. The average Bonchev–Trinajstić information content (AvgIpc) is 2.25. The molecule has 1 aliphatic heterocycles. The molecule has 0 fully saturated rings. The van der Waals surface area contributed by atoms with Crippen molar-refractivity contribution in [1.29, 1.82) is 0 Å². The summed E-state index contributed by atoms with van der Waals surface area (Å²) in [6, 6.07) is 0. The number of nitrogens with zero attached hydrogens (tertiary/aromatic N) is 1. The lowest BCUT2D eigenvalue weighted by Crippen LogP contribution is -2.40. The summed E-state index contributed by atoms with van der Waals surface area (Å²) >= 11 is 0. The van der Waals surface area contributed by atoms with E-state index in [9.17, 15) is 9.59 Å². The van der Waals surface area contributed by atoms with Gasteiger partial charge in [-0.15, -0.1) is 0 Å². The normalized spacial score (nSPS) is 16.2. The van der Waals surface area contributed by atoms with Crippen molar-refractivity contribution in [1.82, 2.24) is 4.90 Å². The number of hydrogen-bond acceptors (Lipinski definition) is 4. The van der Waals surface area contributed by atoms with Crippen molar-refractivity contribution < 1.29 is 19.1 Å². The summed E-state index contributed by atoms with van der Waals surface area (Å²) < 4.78 is 9.88. The van der Waals surface area contributed by atoms with E-state index in [1.807, 2.05) is 0 Å². The fraction of sp³-hybridized carbons (Fsp3) is 0.667. The summed E-state index contributed by atoms with van der Waals surface area (Å²) in [5.41, 5.74) is -0.302. The van der Waals surface area contributed by atoms with Gasteiger partial charge in [0.25, 0.3) is 0 Å². The molecule has 0 radical (unpaired) electrons. The molecule has 17 heavy (non-hydrogen) atoms. The van der Waals surface area contributed by atoms with Crippen LogP contribution in [-0.2, 0) is 14.3 Å². The van der Waals surface area contributed by atoms with Crippen LogP contribution < -0.4 is 0 Å². The molecular formula is C12H19NO4. The van der Waals surface area contributed by atoms with Gasteiger partial charge < -0.3 is 9.47 Å². The molecule has 1 heterocycles. The number of amides is 1. The molecule has 5 heteroatoms. The third-order valence-electron chi connectivity index (χ3n) is 2.22. The van der Waals surface area contributed by atoms with E-state index in [-0.39, 0.29) is 5.70 Å². The summed E-state index contributed by atoms with van der Waals surface area (Å²) in [5, 5.41) is 0. The van der Waals surface area contributed by atoms with Gasteiger partial charge in [0.2, 0.25) is 0 Å². The number of ether oxygens (including phenoxy) is 2. The molecule has 0 aliphatic carbocycles. The van der Waals surface area contributed by atoms with E-state index < -0.39 is 17.7 Å². The minimum atomic E-state index is -0.574. The van der Waals surface area contributed by atoms with Gasteiger partial charge in [0.1, 0.15) is 11.3 Å². The molecule has 0 saturated heterocycles. The highest BCUT2D eigenvalue weighted by atomic mass is 16.6. The Labute approximate surface area is 101 Å². The van der Waals surface area contributed by atoms with Gasteiger partial charge in [-0.25, -0.2) is 9.59 Å². The van der Waals surface area contributed by atoms with Gasteiger partial charge in [-0.05, 0) is 33.6 Å². The Bertz CT molecular complexity index is 341. The van der Waals surface area contributed by atoms with Crippen LogP contribution in [0.15, 0.2) is 11.8 Å².